The van der Waals surface area contributed by atoms with Gasteiger partial charge in [-0.1, -0.05) is 13.0 Å². The van der Waals surface area contributed by atoms with E-state index in [0.717, 1.165) is 49.7 Å². The molecular weight excluding hydrogens is 368 g/mol. The molecule has 2 aromatic carbocycles. The first kappa shape index (κ1) is 20.7. The highest BCUT2D eigenvalue weighted by Gasteiger charge is 2.11. The molecule has 29 heavy (non-hydrogen) atoms. The minimum atomic E-state index is -0.186. The standard InChI is InChI=1S/C23H28N2O4/c1-3-14-29-21-10-4-18(17-22(21)27-2)5-11-23(26)24-19-6-8-20(9-7-19)25-12-15-28-16-13-25/h4-11,17H,3,12-16H2,1-2H3,(H,24,26). The SMILES string of the molecule is CCCOc1ccc(C=CC(=O)Nc2ccc(N3CCOCC3)cc2)cc1OC. The summed E-state index contributed by atoms with van der Waals surface area (Å²) in [5, 5.41) is 2.89. The van der Waals surface area contributed by atoms with E-state index in [1.54, 1.807) is 13.2 Å². The van der Waals surface area contributed by atoms with Gasteiger partial charge in [0.15, 0.2) is 11.5 Å². The molecule has 6 heteroatoms. The number of hydrogen-bond acceptors (Lipinski definition) is 5. The van der Waals surface area contributed by atoms with Gasteiger partial charge >= 0.3 is 0 Å². The van der Waals surface area contributed by atoms with Crippen LogP contribution in [0.3, 0.4) is 0 Å². The van der Waals surface area contributed by atoms with E-state index in [0.29, 0.717) is 18.1 Å². The first-order chi connectivity index (χ1) is 14.2. The molecule has 0 bridgehead atoms. The lowest BCUT2D eigenvalue weighted by molar-refractivity contribution is -0.111. The Labute approximate surface area is 172 Å². The summed E-state index contributed by atoms with van der Waals surface area (Å²) < 4.78 is 16.4. The topological polar surface area (TPSA) is 60.0 Å². The van der Waals surface area contributed by atoms with Crippen LogP contribution in [0.2, 0.25) is 0 Å². The zero-order valence-electron chi connectivity index (χ0n) is 17.0. The number of ether oxygens (including phenoxy) is 3. The highest BCUT2D eigenvalue weighted by atomic mass is 16.5. The second kappa shape index (κ2) is 10.5. The number of morpholine rings is 1. The summed E-state index contributed by atoms with van der Waals surface area (Å²) in [6.45, 7) is 5.97. The molecule has 0 spiro atoms. The average molecular weight is 396 g/mol. The Morgan fingerprint density at radius 1 is 1.14 bits per heavy atom. The van der Waals surface area contributed by atoms with Crippen LogP contribution in [0.1, 0.15) is 18.9 Å². The molecule has 0 saturated carbocycles. The third kappa shape index (κ3) is 5.99. The maximum Gasteiger partial charge on any atom is 0.248 e. The lowest BCUT2D eigenvalue weighted by Gasteiger charge is -2.28. The Bertz CT molecular complexity index is 827. The van der Waals surface area contributed by atoms with E-state index in [4.69, 9.17) is 14.2 Å². The van der Waals surface area contributed by atoms with Crippen LogP contribution in [-0.2, 0) is 9.53 Å². The lowest BCUT2D eigenvalue weighted by atomic mass is 10.2. The Hall–Kier alpha value is -2.99. The van der Waals surface area contributed by atoms with Gasteiger partial charge in [-0.2, -0.15) is 0 Å². The molecule has 0 aliphatic carbocycles. The molecule has 6 nitrogen and oxygen atoms in total. The fourth-order valence-corrected chi connectivity index (χ4v) is 3.05. The van der Waals surface area contributed by atoms with E-state index in [1.165, 1.54) is 6.08 Å². The van der Waals surface area contributed by atoms with E-state index < -0.39 is 0 Å². The third-order valence-corrected chi connectivity index (χ3v) is 4.59. The summed E-state index contributed by atoms with van der Waals surface area (Å²) in [6.07, 6.45) is 4.19. The van der Waals surface area contributed by atoms with Crippen LogP contribution >= 0.6 is 0 Å². The molecule has 2 aromatic rings. The summed E-state index contributed by atoms with van der Waals surface area (Å²) in [7, 11) is 1.61. The van der Waals surface area contributed by atoms with E-state index >= 15 is 0 Å². The number of benzene rings is 2. The molecule has 0 aromatic heterocycles. The molecule has 0 atom stereocenters. The molecule has 1 heterocycles. The molecule has 3 rings (SSSR count). The Kier molecular flexibility index (Phi) is 7.53. The van der Waals surface area contributed by atoms with Gasteiger partial charge in [0.25, 0.3) is 0 Å². The maximum atomic E-state index is 12.3. The van der Waals surface area contributed by atoms with Gasteiger partial charge in [0, 0.05) is 30.5 Å². The summed E-state index contributed by atoms with van der Waals surface area (Å²) in [5.41, 5.74) is 2.76. The monoisotopic (exact) mass is 396 g/mol. The fraction of sp³-hybridized carbons (Fsp3) is 0.348. The summed E-state index contributed by atoms with van der Waals surface area (Å²) in [4.78, 5) is 14.5. The van der Waals surface area contributed by atoms with Crippen molar-refractivity contribution in [3.05, 3.63) is 54.1 Å². The number of anilines is 2. The van der Waals surface area contributed by atoms with Crippen molar-refractivity contribution in [1.29, 1.82) is 0 Å². The van der Waals surface area contributed by atoms with E-state index in [2.05, 4.69) is 17.1 Å². The summed E-state index contributed by atoms with van der Waals surface area (Å²) >= 11 is 0. The number of carbonyl (C=O) groups is 1. The molecule has 1 amide bonds. The van der Waals surface area contributed by atoms with Gasteiger partial charge in [0.05, 0.1) is 26.9 Å². The number of amides is 1. The van der Waals surface area contributed by atoms with Crippen LogP contribution in [0.15, 0.2) is 48.5 Å². The predicted octanol–water partition coefficient (Wildman–Crippen LogP) is 3.97. The number of methoxy groups -OCH3 is 1. The first-order valence-corrected chi connectivity index (χ1v) is 9.92. The summed E-state index contributed by atoms with van der Waals surface area (Å²) in [5.74, 6) is 1.17. The van der Waals surface area contributed by atoms with Gasteiger partial charge in [-0.05, 0) is 54.5 Å². The van der Waals surface area contributed by atoms with Crippen molar-refractivity contribution in [2.45, 2.75) is 13.3 Å². The quantitative estimate of drug-likeness (QED) is 0.684. The van der Waals surface area contributed by atoms with Gasteiger partial charge < -0.3 is 24.4 Å². The van der Waals surface area contributed by atoms with Gasteiger partial charge in [0.2, 0.25) is 5.91 Å². The van der Waals surface area contributed by atoms with Crippen molar-refractivity contribution in [2.24, 2.45) is 0 Å². The zero-order chi connectivity index (χ0) is 20.5. The molecule has 1 aliphatic heterocycles. The van der Waals surface area contributed by atoms with Crippen molar-refractivity contribution in [3.8, 4) is 11.5 Å². The van der Waals surface area contributed by atoms with Crippen LogP contribution in [0.5, 0.6) is 11.5 Å². The second-order valence-corrected chi connectivity index (χ2v) is 6.73. The highest BCUT2D eigenvalue weighted by molar-refractivity contribution is 6.02. The Balaban J connectivity index is 1.57. The van der Waals surface area contributed by atoms with Crippen LogP contribution < -0.4 is 19.7 Å². The number of nitrogens with one attached hydrogen (secondary N) is 1. The van der Waals surface area contributed by atoms with Crippen LogP contribution in [0.25, 0.3) is 6.08 Å². The number of nitrogens with zero attached hydrogens (tertiary/aromatic N) is 1. The molecule has 1 saturated heterocycles. The molecule has 1 aliphatic rings. The Morgan fingerprint density at radius 2 is 1.90 bits per heavy atom. The fourth-order valence-electron chi connectivity index (χ4n) is 3.05. The van der Waals surface area contributed by atoms with E-state index in [9.17, 15) is 4.79 Å². The largest absolute Gasteiger partial charge is 0.493 e. The van der Waals surface area contributed by atoms with Gasteiger partial charge in [-0.25, -0.2) is 0 Å². The number of carbonyl (C=O) groups excluding carboxylic acids is 1. The minimum absolute atomic E-state index is 0.186. The average Bonchev–Trinajstić information content (AvgIpc) is 2.77. The molecule has 0 radical (unpaired) electrons. The minimum Gasteiger partial charge on any atom is -0.493 e. The molecule has 154 valence electrons. The Morgan fingerprint density at radius 3 is 2.59 bits per heavy atom. The second-order valence-electron chi connectivity index (χ2n) is 6.73. The van der Waals surface area contributed by atoms with Crippen molar-refractivity contribution in [1.82, 2.24) is 0 Å². The smallest absolute Gasteiger partial charge is 0.248 e. The third-order valence-electron chi connectivity index (χ3n) is 4.59. The predicted molar refractivity (Wildman–Crippen MR) is 116 cm³/mol. The van der Waals surface area contributed by atoms with Crippen molar-refractivity contribution in [3.63, 3.8) is 0 Å². The van der Waals surface area contributed by atoms with Gasteiger partial charge in [0.1, 0.15) is 0 Å². The van der Waals surface area contributed by atoms with E-state index in [1.807, 2.05) is 42.5 Å². The molecule has 1 fully saturated rings. The van der Waals surface area contributed by atoms with Gasteiger partial charge in [-0.3, -0.25) is 4.79 Å². The normalized spacial score (nSPS) is 14.1. The molecule has 1 N–H and O–H groups in total. The van der Waals surface area contributed by atoms with Gasteiger partial charge in [-0.15, -0.1) is 0 Å². The van der Waals surface area contributed by atoms with Crippen LogP contribution in [-0.4, -0.2) is 45.9 Å². The molecular formula is C23H28N2O4. The maximum absolute atomic E-state index is 12.3. The highest BCUT2D eigenvalue weighted by Crippen LogP contribution is 2.28. The number of hydrogen-bond donors (Lipinski definition) is 1. The van der Waals surface area contributed by atoms with Crippen molar-refractivity contribution < 1.29 is 19.0 Å². The van der Waals surface area contributed by atoms with Crippen molar-refractivity contribution >= 4 is 23.4 Å². The molecule has 0 unspecified atom stereocenters. The van der Waals surface area contributed by atoms with Crippen LogP contribution in [0, 0.1) is 0 Å². The summed E-state index contributed by atoms with van der Waals surface area (Å²) in [6, 6.07) is 13.5. The lowest BCUT2D eigenvalue weighted by Crippen LogP contribution is -2.36. The zero-order valence-corrected chi connectivity index (χ0v) is 17.0. The van der Waals surface area contributed by atoms with Crippen LogP contribution in [0.4, 0.5) is 11.4 Å². The van der Waals surface area contributed by atoms with Crippen molar-refractivity contribution in [2.75, 3.05) is 50.2 Å². The van der Waals surface area contributed by atoms with E-state index in [-0.39, 0.29) is 5.91 Å². The first-order valence-electron chi connectivity index (χ1n) is 9.92. The number of rotatable bonds is 8.